The number of carbonyl (C=O) groups is 1. The van der Waals surface area contributed by atoms with Crippen molar-refractivity contribution in [2.45, 2.75) is 37.8 Å². The number of benzene rings is 1. The SMILES string of the molecule is O=C1CCCC[C@H]1[C@@H](C[N+](=O)[O-])c1cccc(C(F)(F)F)c1. The quantitative estimate of drug-likeness (QED) is 0.627. The number of alkyl halides is 3. The third-order valence-corrected chi connectivity index (χ3v) is 4.08. The Kier molecular flexibility index (Phi) is 4.83. The molecule has 0 spiro atoms. The second-order valence-electron chi connectivity index (χ2n) is 5.56. The van der Waals surface area contributed by atoms with Crippen molar-refractivity contribution in [3.63, 3.8) is 0 Å². The fourth-order valence-electron chi connectivity index (χ4n) is 3.01. The lowest BCUT2D eigenvalue weighted by Crippen LogP contribution is -2.30. The molecule has 2 rings (SSSR count). The zero-order valence-corrected chi connectivity index (χ0v) is 11.8. The Balaban J connectivity index is 2.36. The normalized spacial score (nSPS) is 20.7. The van der Waals surface area contributed by atoms with Crippen LogP contribution in [0.3, 0.4) is 0 Å². The molecule has 7 heteroatoms. The van der Waals surface area contributed by atoms with E-state index in [4.69, 9.17) is 0 Å². The highest BCUT2D eigenvalue weighted by Gasteiger charge is 2.36. The summed E-state index contributed by atoms with van der Waals surface area (Å²) in [5.74, 6) is -1.46. The van der Waals surface area contributed by atoms with Crippen LogP contribution >= 0.6 is 0 Å². The second kappa shape index (κ2) is 6.46. The summed E-state index contributed by atoms with van der Waals surface area (Å²) >= 11 is 0. The number of halogens is 3. The largest absolute Gasteiger partial charge is 0.416 e. The van der Waals surface area contributed by atoms with E-state index in [1.165, 1.54) is 12.1 Å². The molecule has 1 aliphatic rings. The highest BCUT2D eigenvalue weighted by Crippen LogP contribution is 2.37. The summed E-state index contributed by atoms with van der Waals surface area (Å²) in [6.45, 7) is -0.530. The maximum Gasteiger partial charge on any atom is 0.416 e. The van der Waals surface area contributed by atoms with E-state index < -0.39 is 35.0 Å². The molecule has 0 bridgehead atoms. The van der Waals surface area contributed by atoms with Crippen LogP contribution in [-0.4, -0.2) is 17.3 Å². The van der Waals surface area contributed by atoms with Crippen molar-refractivity contribution in [3.05, 3.63) is 45.5 Å². The predicted octanol–water partition coefficient (Wildman–Crippen LogP) is 3.83. The molecule has 0 N–H and O–H groups in total. The fourth-order valence-corrected chi connectivity index (χ4v) is 3.01. The molecule has 1 aliphatic carbocycles. The number of ketones is 1. The van der Waals surface area contributed by atoms with E-state index in [-0.39, 0.29) is 11.3 Å². The van der Waals surface area contributed by atoms with Crippen LogP contribution in [0.2, 0.25) is 0 Å². The van der Waals surface area contributed by atoms with E-state index in [9.17, 15) is 28.1 Å². The van der Waals surface area contributed by atoms with Crippen molar-refractivity contribution in [1.29, 1.82) is 0 Å². The Morgan fingerprint density at radius 1 is 1.32 bits per heavy atom. The van der Waals surface area contributed by atoms with Gasteiger partial charge in [0, 0.05) is 17.3 Å². The molecule has 0 aliphatic heterocycles. The average Bonchev–Trinajstić information content (AvgIpc) is 2.45. The minimum atomic E-state index is -4.51. The summed E-state index contributed by atoms with van der Waals surface area (Å²) in [6, 6.07) is 4.52. The summed E-state index contributed by atoms with van der Waals surface area (Å²) < 4.78 is 38.4. The number of hydrogen-bond donors (Lipinski definition) is 0. The van der Waals surface area contributed by atoms with Crippen LogP contribution in [0.1, 0.15) is 42.7 Å². The molecule has 4 nitrogen and oxygen atoms in total. The van der Waals surface area contributed by atoms with Crippen molar-refractivity contribution in [2.75, 3.05) is 6.54 Å². The molecule has 0 heterocycles. The molecule has 0 aromatic heterocycles. The first-order valence-corrected chi connectivity index (χ1v) is 7.10. The third-order valence-electron chi connectivity index (χ3n) is 4.08. The first-order chi connectivity index (χ1) is 10.3. The van der Waals surface area contributed by atoms with Gasteiger partial charge in [0.05, 0.1) is 11.5 Å². The minimum absolute atomic E-state index is 0.0875. The van der Waals surface area contributed by atoms with Gasteiger partial charge < -0.3 is 0 Å². The molecule has 1 aromatic rings. The maximum absolute atomic E-state index is 12.8. The lowest BCUT2D eigenvalue weighted by Gasteiger charge is -2.27. The summed E-state index contributed by atoms with van der Waals surface area (Å²) in [7, 11) is 0. The van der Waals surface area contributed by atoms with Crippen LogP contribution in [0.15, 0.2) is 24.3 Å². The van der Waals surface area contributed by atoms with Gasteiger partial charge in [-0.2, -0.15) is 13.2 Å². The van der Waals surface area contributed by atoms with Gasteiger partial charge in [-0.05, 0) is 24.5 Å². The number of Topliss-reactive ketones (excluding diaryl/α,β-unsaturated/α-hetero) is 1. The molecule has 0 unspecified atom stereocenters. The number of nitro groups is 1. The molecule has 1 aromatic carbocycles. The van der Waals surface area contributed by atoms with Gasteiger partial charge in [0.15, 0.2) is 0 Å². The lowest BCUT2D eigenvalue weighted by molar-refractivity contribution is -0.484. The number of rotatable bonds is 4. The van der Waals surface area contributed by atoms with Crippen LogP contribution in [0.4, 0.5) is 13.2 Å². The molecule has 1 saturated carbocycles. The van der Waals surface area contributed by atoms with Crippen LogP contribution in [0.5, 0.6) is 0 Å². The van der Waals surface area contributed by atoms with E-state index in [1.807, 2.05) is 0 Å². The molecule has 2 atom stereocenters. The number of nitrogens with zero attached hydrogens (tertiary/aromatic N) is 1. The van der Waals surface area contributed by atoms with Gasteiger partial charge >= 0.3 is 6.18 Å². The Morgan fingerprint density at radius 2 is 2.05 bits per heavy atom. The molecular formula is C15H16F3NO3. The van der Waals surface area contributed by atoms with Crippen LogP contribution in [-0.2, 0) is 11.0 Å². The van der Waals surface area contributed by atoms with Crippen molar-refractivity contribution in [3.8, 4) is 0 Å². The monoisotopic (exact) mass is 315 g/mol. The zero-order valence-electron chi connectivity index (χ0n) is 11.8. The van der Waals surface area contributed by atoms with Crippen LogP contribution in [0.25, 0.3) is 0 Å². The van der Waals surface area contributed by atoms with Gasteiger partial charge in [0.1, 0.15) is 5.78 Å². The Labute approximate surface area is 125 Å². The Morgan fingerprint density at radius 3 is 2.64 bits per heavy atom. The van der Waals surface area contributed by atoms with Crippen molar-refractivity contribution in [2.24, 2.45) is 5.92 Å². The first-order valence-electron chi connectivity index (χ1n) is 7.10. The first kappa shape index (κ1) is 16.5. The highest BCUT2D eigenvalue weighted by atomic mass is 19.4. The Bertz CT molecular complexity index is 571. The summed E-state index contributed by atoms with van der Waals surface area (Å²) in [6.07, 6.45) is -2.16. The summed E-state index contributed by atoms with van der Waals surface area (Å²) in [5.41, 5.74) is -0.631. The minimum Gasteiger partial charge on any atom is -0.299 e. The second-order valence-corrected chi connectivity index (χ2v) is 5.56. The van der Waals surface area contributed by atoms with Crippen LogP contribution < -0.4 is 0 Å². The number of carbonyl (C=O) groups excluding carboxylic acids is 1. The molecule has 0 saturated heterocycles. The van der Waals surface area contributed by atoms with Gasteiger partial charge in [-0.15, -0.1) is 0 Å². The highest BCUT2D eigenvalue weighted by molar-refractivity contribution is 5.82. The molecule has 0 amide bonds. The zero-order chi connectivity index (χ0) is 16.3. The van der Waals surface area contributed by atoms with Gasteiger partial charge in [0.2, 0.25) is 6.54 Å². The van der Waals surface area contributed by atoms with E-state index in [0.29, 0.717) is 12.8 Å². The van der Waals surface area contributed by atoms with E-state index in [1.54, 1.807) is 0 Å². The average molecular weight is 315 g/mol. The molecule has 1 fully saturated rings. The van der Waals surface area contributed by atoms with Gasteiger partial charge in [0.25, 0.3) is 0 Å². The molecule has 120 valence electrons. The summed E-state index contributed by atoms with van der Waals surface area (Å²) in [4.78, 5) is 22.4. The van der Waals surface area contributed by atoms with Crippen molar-refractivity contribution in [1.82, 2.24) is 0 Å². The topological polar surface area (TPSA) is 60.2 Å². The van der Waals surface area contributed by atoms with E-state index in [0.717, 1.165) is 25.0 Å². The van der Waals surface area contributed by atoms with Gasteiger partial charge in [-0.1, -0.05) is 24.6 Å². The smallest absolute Gasteiger partial charge is 0.299 e. The number of hydrogen-bond acceptors (Lipinski definition) is 3. The van der Waals surface area contributed by atoms with Crippen molar-refractivity contribution >= 4 is 5.78 Å². The molecular weight excluding hydrogens is 299 g/mol. The lowest BCUT2D eigenvalue weighted by atomic mass is 9.75. The van der Waals surface area contributed by atoms with Gasteiger partial charge in [-0.3, -0.25) is 14.9 Å². The Hall–Kier alpha value is -1.92. The van der Waals surface area contributed by atoms with Crippen LogP contribution in [0, 0.1) is 16.0 Å². The van der Waals surface area contributed by atoms with Crippen molar-refractivity contribution < 1.29 is 22.9 Å². The fraction of sp³-hybridized carbons (Fsp3) is 0.533. The molecule has 22 heavy (non-hydrogen) atoms. The third kappa shape index (κ3) is 3.84. The standard InChI is InChI=1S/C15H16F3NO3/c16-15(17,18)11-5-3-4-10(8-11)13(9-19(21)22)12-6-1-2-7-14(12)20/h3-5,8,12-13H,1-2,6-7,9H2/t12-,13-/m0/s1. The molecule has 0 radical (unpaired) electrons. The summed E-state index contributed by atoms with van der Waals surface area (Å²) in [5, 5.41) is 10.9. The van der Waals surface area contributed by atoms with E-state index >= 15 is 0 Å². The van der Waals surface area contributed by atoms with E-state index in [2.05, 4.69) is 0 Å². The maximum atomic E-state index is 12.8. The predicted molar refractivity (Wildman–Crippen MR) is 73.0 cm³/mol. The van der Waals surface area contributed by atoms with Gasteiger partial charge in [-0.25, -0.2) is 0 Å².